The lowest BCUT2D eigenvalue weighted by Crippen LogP contribution is -2.17. The van der Waals surface area contributed by atoms with E-state index in [1.54, 1.807) is 4.68 Å². The van der Waals surface area contributed by atoms with Crippen molar-refractivity contribution in [2.45, 2.75) is 39.5 Å². The summed E-state index contributed by atoms with van der Waals surface area (Å²) in [5.74, 6) is 0.868. The van der Waals surface area contributed by atoms with Gasteiger partial charge in [-0.25, -0.2) is 0 Å². The van der Waals surface area contributed by atoms with Gasteiger partial charge in [-0.2, -0.15) is 10.4 Å². The summed E-state index contributed by atoms with van der Waals surface area (Å²) in [5.41, 5.74) is 1.97. The molecular formula is C13H20N4. The first-order valence-electron chi connectivity index (χ1n) is 6.29. The third-order valence-electron chi connectivity index (χ3n) is 3.70. The molecule has 1 aromatic heterocycles. The number of hydrogen-bond donors (Lipinski definition) is 1. The minimum atomic E-state index is 0.486. The van der Waals surface area contributed by atoms with Crippen LogP contribution in [0.1, 0.15) is 43.9 Å². The first-order chi connectivity index (χ1) is 8.12. The maximum atomic E-state index is 9.12. The van der Waals surface area contributed by atoms with Crippen LogP contribution in [0.4, 0.5) is 5.82 Å². The summed E-state index contributed by atoms with van der Waals surface area (Å²) >= 11 is 0. The summed E-state index contributed by atoms with van der Waals surface area (Å²) in [6.45, 7) is 5.08. The molecule has 0 amide bonds. The van der Waals surface area contributed by atoms with Crippen molar-refractivity contribution in [3.05, 3.63) is 11.3 Å². The van der Waals surface area contributed by atoms with E-state index in [0.717, 1.165) is 18.1 Å². The number of hydrogen-bond acceptors (Lipinski definition) is 3. The van der Waals surface area contributed by atoms with E-state index in [2.05, 4.69) is 23.4 Å². The molecule has 0 saturated heterocycles. The van der Waals surface area contributed by atoms with Gasteiger partial charge in [0.15, 0.2) is 0 Å². The second-order valence-electron chi connectivity index (χ2n) is 5.15. The smallest absolute Gasteiger partial charge is 0.142 e. The van der Waals surface area contributed by atoms with E-state index in [1.807, 2.05) is 14.0 Å². The molecule has 0 bridgehead atoms. The predicted octanol–water partition coefficient (Wildman–Crippen LogP) is 2.59. The standard InChI is InChI=1S/C13H20N4/c1-4-5-13(6-7-13)9-15-12-11(8-14)10(2)16-17(12)3/h15H,4-7,9H2,1-3H3. The number of aromatic nitrogens is 2. The molecule has 1 heterocycles. The minimum absolute atomic E-state index is 0.486. The van der Waals surface area contributed by atoms with Crippen LogP contribution in [0.15, 0.2) is 0 Å². The summed E-state index contributed by atoms with van der Waals surface area (Å²) in [4.78, 5) is 0. The molecule has 0 atom stereocenters. The lowest BCUT2D eigenvalue weighted by molar-refractivity contribution is 0.484. The molecule has 1 saturated carbocycles. The predicted molar refractivity (Wildman–Crippen MR) is 67.7 cm³/mol. The number of anilines is 1. The molecule has 0 spiro atoms. The average Bonchev–Trinajstić information content (AvgIpc) is 2.98. The fourth-order valence-corrected chi connectivity index (χ4v) is 2.49. The van der Waals surface area contributed by atoms with Crippen LogP contribution in [0.5, 0.6) is 0 Å². The number of rotatable bonds is 5. The van der Waals surface area contributed by atoms with Crippen molar-refractivity contribution >= 4 is 5.82 Å². The van der Waals surface area contributed by atoms with Gasteiger partial charge in [0.1, 0.15) is 17.5 Å². The van der Waals surface area contributed by atoms with Crippen molar-refractivity contribution in [1.82, 2.24) is 9.78 Å². The van der Waals surface area contributed by atoms with E-state index in [-0.39, 0.29) is 0 Å². The zero-order chi connectivity index (χ0) is 12.5. The van der Waals surface area contributed by atoms with Crippen LogP contribution in [0.2, 0.25) is 0 Å². The molecule has 1 aliphatic carbocycles. The van der Waals surface area contributed by atoms with Crippen LogP contribution in [-0.4, -0.2) is 16.3 Å². The van der Waals surface area contributed by atoms with Crippen molar-refractivity contribution in [3.8, 4) is 6.07 Å². The summed E-state index contributed by atoms with van der Waals surface area (Å²) in [6.07, 6.45) is 5.13. The fourth-order valence-electron chi connectivity index (χ4n) is 2.49. The van der Waals surface area contributed by atoms with E-state index in [9.17, 15) is 0 Å². The Morgan fingerprint density at radius 3 is 2.76 bits per heavy atom. The first kappa shape index (κ1) is 12.0. The highest BCUT2D eigenvalue weighted by atomic mass is 15.3. The van der Waals surface area contributed by atoms with Crippen LogP contribution in [0.3, 0.4) is 0 Å². The highest BCUT2D eigenvalue weighted by molar-refractivity contribution is 5.55. The molecule has 92 valence electrons. The summed E-state index contributed by atoms with van der Waals surface area (Å²) in [7, 11) is 1.88. The highest BCUT2D eigenvalue weighted by Gasteiger charge is 2.41. The Balaban J connectivity index is 2.07. The Morgan fingerprint density at radius 2 is 2.24 bits per heavy atom. The molecule has 0 aromatic carbocycles. The van der Waals surface area contributed by atoms with Crippen molar-refractivity contribution in [2.75, 3.05) is 11.9 Å². The third kappa shape index (κ3) is 2.28. The van der Waals surface area contributed by atoms with Gasteiger partial charge in [0, 0.05) is 13.6 Å². The highest BCUT2D eigenvalue weighted by Crippen LogP contribution is 2.49. The topological polar surface area (TPSA) is 53.6 Å². The largest absolute Gasteiger partial charge is 0.369 e. The van der Waals surface area contributed by atoms with Gasteiger partial charge in [0.2, 0.25) is 0 Å². The van der Waals surface area contributed by atoms with E-state index in [4.69, 9.17) is 5.26 Å². The van der Waals surface area contributed by atoms with Gasteiger partial charge >= 0.3 is 0 Å². The fraction of sp³-hybridized carbons (Fsp3) is 0.692. The molecule has 1 N–H and O–H groups in total. The Hall–Kier alpha value is -1.50. The molecule has 1 fully saturated rings. The maximum absolute atomic E-state index is 9.12. The quantitative estimate of drug-likeness (QED) is 0.849. The van der Waals surface area contributed by atoms with Gasteiger partial charge in [-0.3, -0.25) is 4.68 Å². The molecule has 2 rings (SSSR count). The third-order valence-corrected chi connectivity index (χ3v) is 3.70. The van der Waals surface area contributed by atoms with Crippen LogP contribution in [0.25, 0.3) is 0 Å². The normalized spacial score (nSPS) is 16.6. The maximum Gasteiger partial charge on any atom is 0.142 e. The molecule has 4 heteroatoms. The number of nitrogens with zero attached hydrogens (tertiary/aromatic N) is 3. The Kier molecular flexibility index (Phi) is 3.10. The van der Waals surface area contributed by atoms with Crippen LogP contribution >= 0.6 is 0 Å². The summed E-state index contributed by atoms with van der Waals surface area (Å²) < 4.78 is 1.77. The molecule has 4 nitrogen and oxygen atoms in total. The van der Waals surface area contributed by atoms with Crippen molar-refractivity contribution < 1.29 is 0 Å². The van der Waals surface area contributed by atoms with Crippen LogP contribution in [0, 0.1) is 23.7 Å². The number of aryl methyl sites for hydroxylation is 2. The summed E-state index contributed by atoms with van der Waals surface area (Å²) in [5, 5.41) is 16.8. The van der Waals surface area contributed by atoms with Gasteiger partial charge in [0.25, 0.3) is 0 Å². The SMILES string of the molecule is CCCC1(CNc2c(C#N)c(C)nn2C)CC1. The van der Waals surface area contributed by atoms with Crippen molar-refractivity contribution in [2.24, 2.45) is 12.5 Å². The molecule has 1 aliphatic rings. The molecule has 0 unspecified atom stereocenters. The lowest BCUT2D eigenvalue weighted by atomic mass is 10.0. The second-order valence-corrected chi connectivity index (χ2v) is 5.15. The van der Waals surface area contributed by atoms with E-state index >= 15 is 0 Å². The molecule has 1 aromatic rings. The average molecular weight is 232 g/mol. The van der Waals surface area contributed by atoms with E-state index < -0.39 is 0 Å². The van der Waals surface area contributed by atoms with E-state index in [1.165, 1.54) is 25.7 Å². The van der Waals surface area contributed by atoms with Crippen molar-refractivity contribution in [1.29, 1.82) is 5.26 Å². The Labute approximate surface area is 103 Å². The van der Waals surface area contributed by atoms with Gasteiger partial charge in [-0.05, 0) is 31.6 Å². The molecule has 0 radical (unpaired) electrons. The second kappa shape index (κ2) is 4.40. The van der Waals surface area contributed by atoms with Crippen molar-refractivity contribution in [3.63, 3.8) is 0 Å². The zero-order valence-electron chi connectivity index (χ0n) is 10.9. The Bertz CT molecular complexity index is 449. The van der Waals surface area contributed by atoms with Crippen LogP contribution < -0.4 is 5.32 Å². The summed E-state index contributed by atoms with van der Waals surface area (Å²) in [6, 6.07) is 2.23. The van der Waals surface area contributed by atoms with Gasteiger partial charge < -0.3 is 5.32 Å². The molecular weight excluding hydrogens is 212 g/mol. The monoisotopic (exact) mass is 232 g/mol. The zero-order valence-corrected chi connectivity index (χ0v) is 10.9. The van der Waals surface area contributed by atoms with Gasteiger partial charge in [-0.1, -0.05) is 13.3 Å². The molecule has 17 heavy (non-hydrogen) atoms. The number of nitrogens with one attached hydrogen (secondary N) is 1. The minimum Gasteiger partial charge on any atom is -0.369 e. The number of nitriles is 1. The first-order valence-corrected chi connectivity index (χ1v) is 6.29. The molecule has 0 aliphatic heterocycles. The van der Waals surface area contributed by atoms with Crippen LogP contribution in [-0.2, 0) is 7.05 Å². The van der Waals surface area contributed by atoms with E-state index in [0.29, 0.717) is 11.0 Å². The van der Waals surface area contributed by atoms with Gasteiger partial charge in [0.05, 0.1) is 5.69 Å². The lowest BCUT2D eigenvalue weighted by Gasteiger charge is -2.16. The Morgan fingerprint density at radius 1 is 1.53 bits per heavy atom. The van der Waals surface area contributed by atoms with Gasteiger partial charge in [-0.15, -0.1) is 0 Å².